The lowest BCUT2D eigenvalue weighted by Crippen LogP contribution is -2.29. The summed E-state index contributed by atoms with van der Waals surface area (Å²) in [7, 11) is 1.12. The minimum atomic E-state index is -4.46. The number of carbonyl (C=O) groups is 1. The molecule has 0 bridgehead atoms. The summed E-state index contributed by atoms with van der Waals surface area (Å²) in [6, 6.07) is 10.0. The molecule has 0 unspecified atom stereocenters. The van der Waals surface area contributed by atoms with Crippen LogP contribution < -0.4 is 10.9 Å². The molecule has 5 nitrogen and oxygen atoms in total. The molecule has 0 spiro atoms. The number of alkyl halides is 3. The van der Waals surface area contributed by atoms with Crippen LogP contribution in [0.3, 0.4) is 0 Å². The number of hydrogen-bond acceptors (Lipinski definition) is 5. The lowest BCUT2D eigenvalue weighted by molar-refractivity contribution is -0.124. The second-order valence-corrected chi connectivity index (χ2v) is 5.86. The van der Waals surface area contributed by atoms with Gasteiger partial charge in [0.25, 0.3) is 0 Å². The molecule has 144 valence electrons. The highest BCUT2D eigenvalue weighted by atomic mass is 35.5. The van der Waals surface area contributed by atoms with Gasteiger partial charge in [-0.25, -0.2) is 10.6 Å². The minimum Gasteiger partial charge on any atom is -0.507 e. The zero-order valence-corrected chi connectivity index (χ0v) is 14.9. The lowest BCUT2D eigenvalue weighted by atomic mass is 10.0. The average Bonchev–Trinajstić information content (AvgIpc) is 2.61. The first-order chi connectivity index (χ1) is 12.6. The van der Waals surface area contributed by atoms with Gasteiger partial charge < -0.3 is 9.84 Å². The van der Waals surface area contributed by atoms with Crippen molar-refractivity contribution < 1.29 is 27.8 Å². The van der Waals surface area contributed by atoms with Crippen molar-refractivity contribution in [1.82, 2.24) is 0 Å². The number of carbonyl (C=O) groups excluding carboxylic acids is 1. The Labute approximate surface area is 158 Å². The number of anilines is 1. The fraction of sp³-hybridized carbons (Fsp3) is 0.167. The van der Waals surface area contributed by atoms with Gasteiger partial charge in [-0.1, -0.05) is 23.7 Å². The van der Waals surface area contributed by atoms with Crippen molar-refractivity contribution >= 4 is 29.0 Å². The van der Waals surface area contributed by atoms with Gasteiger partial charge in [0, 0.05) is 5.56 Å². The predicted octanol–water partition coefficient (Wildman–Crippen LogP) is 4.51. The number of phenolic OH excluding ortho intramolecular Hbond substituents is 1. The highest BCUT2D eigenvalue weighted by molar-refractivity contribution is 6.33. The number of ether oxygens (including phenoxy) is 1. The van der Waals surface area contributed by atoms with E-state index in [-0.39, 0.29) is 33.3 Å². The fourth-order valence-electron chi connectivity index (χ4n) is 2.31. The minimum absolute atomic E-state index is 0.0504. The van der Waals surface area contributed by atoms with Crippen LogP contribution in [0.25, 0.3) is 5.70 Å². The van der Waals surface area contributed by atoms with Gasteiger partial charge in [-0.15, -0.1) is 0 Å². The molecule has 0 aliphatic heterocycles. The van der Waals surface area contributed by atoms with Gasteiger partial charge in [0.2, 0.25) is 0 Å². The summed E-state index contributed by atoms with van der Waals surface area (Å²) in [6.07, 6.45) is -4.85. The molecule has 2 rings (SSSR count). The van der Waals surface area contributed by atoms with Crippen LogP contribution in [0.5, 0.6) is 5.75 Å². The van der Waals surface area contributed by atoms with Crippen LogP contribution in [0.2, 0.25) is 5.02 Å². The number of nitrogens with two attached hydrogens (primary N) is 1. The Hall–Kier alpha value is -2.71. The summed E-state index contributed by atoms with van der Waals surface area (Å²) in [6.45, 7) is 0. The van der Waals surface area contributed by atoms with Gasteiger partial charge in [-0.05, 0) is 36.4 Å². The number of halogens is 4. The zero-order valence-electron chi connectivity index (χ0n) is 14.1. The number of para-hydroxylation sites is 1. The molecule has 0 amide bonds. The van der Waals surface area contributed by atoms with Crippen molar-refractivity contribution in [2.75, 3.05) is 12.1 Å². The van der Waals surface area contributed by atoms with Gasteiger partial charge in [-0.2, -0.15) is 13.2 Å². The van der Waals surface area contributed by atoms with Crippen molar-refractivity contribution in [2.45, 2.75) is 12.6 Å². The van der Waals surface area contributed by atoms with E-state index in [4.69, 9.17) is 17.4 Å². The third kappa shape index (κ3) is 5.15. The molecule has 0 radical (unpaired) electrons. The van der Waals surface area contributed by atoms with Gasteiger partial charge in [0.15, 0.2) is 0 Å². The van der Waals surface area contributed by atoms with Gasteiger partial charge in [0.1, 0.15) is 11.3 Å². The number of hydrogen-bond donors (Lipinski definition) is 2. The average molecular weight is 401 g/mol. The number of rotatable bonds is 5. The molecule has 0 aliphatic carbocycles. The predicted molar refractivity (Wildman–Crippen MR) is 96.2 cm³/mol. The van der Waals surface area contributed by atoms with Crippen LogP contribution in [0, 0.1) is 0 Å². The highest BCUT2D eigenvalue weighted by Crippen LogP contribution is 2.33. The molecular weight excluding hydrogens is 385 g/mol. The summed E-state index contributed by atoms with van der Waals surface area (Å²) < 4.78 is 42.8. The van der Waals surface area contributed by atoms with E-state index in [1.165, 1.54) is 30.3 Å². The van der Waals surface area contributed by atoms with Crippen molar-refractivity contribution in [3.05, 3.63) is 64.7 Å². The molecule has 27 heavy (non-hydrogen) atoms. The third-order valence-corrected chi connectivity index (χ3v) is 3.92. The smallest absolute Gasteiger partial charge is 0.392 e. The standard InChI is InChI=1S/C18H16ClF3N2O3/c1-27-17(26)12-10-11(6-7-16(12)25)14(8-9-18(20,21)22)24(23)15-5-3-2-4-13(15)19/h2-8,10,25H,9,23H2,1H3/b14-8-. The Morgan fingerprint density at radius 3 is 2.56 bits per heavy atom. The van der Waals surface area contributed by atoms with E-state index >= 15 is 0 Å². The molecule has 0 aliphatic rings. The number of phenols is 1. The summed E-state index contributed by atoms with van der Waals surface area (Å²) in [4.78, 5) is 11.8. The maximum Gasteiger partial charge on any atom is 0.392 e. The van der Waals surface area contributed by atoms with Crippen molar-refractivity contribution in [1.29, 1.82) is 0 Å². The van der Waals surface area contributed by atoms with Crippen molar-refractivity contribution in [2.24, 2.45) is 5.84 Å². The van der Waals surface area contributed by atoms with E-state index in [1.54, 1.807) is 12.1 Å². The third-order valence-electron chi connectivity index (χ3n) is 3.60. The molecule has 0 atom stereocenters. The first-order valence-corrected chi connectivity index (χ1v) is 8.00. The molecule has 0 aromatic heterocycles. The summed E-state index contributed by atoms with van der Waals surface area (Å²) in [5.41, 5.74) is 0.172. The maximum atomic E-state index is 12.8. The van der Waals surface area contributed by atoms with Gasteiger partial charge >= 0.3 is 12.1 Å². The second-order valence-electron chi connectivity index (χ2n) is 5.45. The Morgan fingerprint density at radius 2 is 1.96 bits per heavy atom. The number of esters is 1. The number of hydrazine groups is 1. The number of nitrogens with zero attached hydrogens (tertiary/aromatic N) is 1. The molecule has 0 saturated carbocycles. The zero-order chi connectivity index (χ0) is 20.2. The first-order valence-electron chi connectivity index (χ1n) is 7.62. The fourth-order valence-corrected chi connectivity index (χ4v) is 2.54. The second kappa shape index (κ2) is 8.32. The van der Waals surface area contributed by atoms with E-state index in [0.717, 1.165) is 18.2 Å². The summed E-state index contributed by atoms with van der Waals surface area (Å²) >= 11 is 6.08. The Morgan fingerprint density at radius 1 is 1.30 bits per heavy atom. The van der Waals surface area contributed by atoms with E-state index in [2.05, 4.69) is 4.74 Å². The van der Waals surface area contributed by atoms with E-state index in [1.807, 2.05) is 0 Å². The summed E-state index contributed by atoms with van der Waals surface area (Å²) in [5, 5.41) is 11.0. The molecule has 2 aromatic carbocycles. The van der Waals surface area contributed by atoms with Gasteiger partial charge in [-0.3, -0.25) is 5.01 Å². The SMILES string of the molecule is COC(=O)c1cc(/C(=C/CC(F)(F)F)N(N)c2ccccc2Cl)ccc1O. The quantitative estimate of drug-likeness (QED) is 0.439. The highest BCUT2D eigenvalue weighted by Gasteiger charge is 2.27. The first kappa shape index (κ1) is 20.6. The Kier molecular flexibility index (Phi) is 6.35. The van der Waals surface area contributed by atoms with E-state index < -0.39 is 18.6 Å². The molecule has 2 aromatic rings. The van der Waals surface area contributed by atoms with Crippen LogP contribution in [-0.4, -0.2) is 24.4 Å². The maximum absolute atomic E-state index is 12.8. The topological polar surface area (TPSA) is 75.8 Å². The molecule has 0 fully saturated rings. The number of aromatic hydroxyl groups is 1. The van der Waals surface area contributed by atoms with Crippen LogP contribution in [-0.2, 0) is 4.74 Å². The number of allylic oxidation sites excluding steroid dienone is 1. The van der Waals surface area contributed by atoms with Crippen molar-refractivity contribution in [3.63, 3.8) is 0 Å². The van der Waals surface area contributed by atoms with Crippen molar-refractivity contribution in [3.8, 4) is 5.75 Å². The monoisotopic (exact) mass is 400 g/mol. The number of benzene rings is 2. The largest absolute Gasteiger partial charge is 0.507 e. The van der Waals surface area contributed by atoms with Crippen LogP contribution in [0.1, 0.15) is 22.3 Å². The normalized spacial score (nSPS) is 12.0. The van der Waals surface area contributed by atoms with Crippen LogP contribution >= 0.6 is 11.6 Å². The molecule has 0 heterocycles. The number of methoxy groups -OCH3 is 1. The van der Waals surface area contributed by atoms with E-state index in [9.17, 15) is 23.1 Å². The molecular formula is C18H16ClF3N2O3. The van der Waals surface area contributed by atoms with Gasteiger partial charge in [0.05, 0.1) is 29.9 Å². The Bertz CT molecular complexity index is 869. The molecule has 3 N–H and O–H groups in total. The van der Waals surface area contributed by atoms with Crippen LogP contribution in [0.15, 0.2) is 48.5 Å². The lowest BCUT2D eigenvalue weighted by Gasteiger charge is -2.24. The van der Waals surface area contributed by atoms with E-state index in [0.29, 0.717) is 0 Å². The molecule has 9 heteroatoms. The molecule has 0 saturated heterocycles. The summed E-state index contributed by atoms with van der Waals surface area (Å²) in [5.74, 6) is 4.82. The Balaban J connectivity index is 2.57. The van der Waals surface area contributed by atoms with Crippen LogP contribution in [0.4, 0.5) is 18.9 Å².